The van der Waals surface area contributed by atoms with Gasteiger partial charge in [0.05, 0.1) is 27.8 Å². The van der Waals surface area contributed by atoms with E-state index in [4.69, 9.17) is 13.8 Å². The fourth-order valence-electron chi connectivity index (χ4n) is 8.85. The second-order valence-corrected chi connectivity index (χ2v) is 14.8. The lowest BCUT2D eigenvalue weighted by atomic mass is 9.94. The van der Waals surface area contributed by atoms with Gasteiger partial charge in [-0.25, -0.2) is 4.98 Å². The minimum atomic E-state index is 0.600. The summed E-state index contributed by atoms with van der Waals surface area (Å²) in [6, 6.07) is 65.7. The standard InChI is InChI=1S/C53H33N3O2/c1-33(35-27-28-51-44(29-35)54-53(58-51)34-15-4-2-5-16-34)37-19-8-9-22-40(37)52-31-43-47(25-14-26-50(43)57-52)56-46-24-13-11-21-39(46)42-30-41-38-20-10-12-23-45(38)55(48(41)32-49(42)56)36-17-6-3-7-18-36/h2-32H,1H2. The summed E-state index contributed by atoms with van der Waals surface area (Å²) in [5.41, 5.74) is 13.9. The lowest BCUT2D eigenvalue weighted by Crippen LogP contribution is -1.96. The SMILES string of the molecule is C=C(c1ccc2oc(-c3ccccc3)nc2c1)c1ccccc1-c1cc2c(-n3c4ccccc4c4cc5c6ccccc6n(-c6ccccc6)c5cc43)cccc2o1. The highest BCUT2D eigenvalue weighted by atomic mass is 16.3. The Balaban J connectivity index is 1.02. The van der Waals surface area contributed by atoms with E-state index >= 15 is 0 Å². The minimum Gasteiger partial charge on any atom is -0.456 e. The van der Waals surface area contributed by atoms with Crippen LogP contribution in [0.15, 0.2) is 203 Å². The van der Waals surface area contributed by atoms with E-state index in [-0.39, 0.29) is 0 Å². The molecular weight excluding hydrogens is 711 g/mol. The van der Waals surface area contributed by atoms with Crippen LogP contribution in [-0.4, -0.2) is 14.1 Å². The van der Waals surface area contributed by atoms with Crippen LogP contribution in [0.25, 0.3) is 105 Å². The molecule has 0 spiro atoms. The van der Waals surface area contributed by atoms with E-state index in [0.717, 1.165) is 83.6 Å². The van der Waals surface area contributed by atoms with Gasteiger partial charge in [-0.3, -0.25) is 0 Å². The summed E-state index contributed by atoms with van der Waals surface area (Å²) in [5, 5.41) is 5.91. The van der Waals surface area contributed by atoms with Crippen molar-refractivity contribution in [1.82, 2.24) is 14.1 Å². The van der Waals surface area contributed by atoms with Crippen LogP contribution in [0.4, 0.5) is 0 Å². The summed E-state index contributed by atoms with van der Waals surface area (Å²) < 4.78 is 17.7. The molecule has 272 valence electrons. The fourth-order valence-corrected chi connectivity index (χ4v) is 8.85. The molecule has 12 aromatic rings. The van der Waals surface area contributed by atoms with Gasteiger partial charge < -0.3 is 18.0 Å². The van der Waals surface area contributed by atoms with Gasteiger partial charge in [-0.05, 0) is 95.6 Å². The molecule has 12 rings (SSSR count). The van der Waals surface area contributed by atoms with E-state index in [1.807, 2.05) is 42.5 Å². The van der Waals surface area contributed by atoms with Crippen molar-refractivity contribution >= 4 is 71.3 Å². The summed E-state index contributed by atoms with van der Waals surface area (Å²) in [6.45, 7) is 4.60. The normalized spacial score (nSPS) is 11.9. The Morgan fingerprint density at radius 2 is 1.14 bits per heavy atom. The average Bonchev–Trinajstić information content (AvgIpc) is 4.06. The molecule has 0 atom stereocenters. The largest absolute Gasteiger partial charge is 0.456 e. The number of para-hydroxylation sites is 3. The van der Waals surface area contributed by atoms with Crippen LogP contribution < -0.4 is 0 Å². The summed E-state index contributed by atoms with van der Waals surface area (Å²) in [5.74, 6) is 1.38. The number of rotatable bonds is 6. The van der Waals surface area contributed by atoms with Gasteiger partial charge in [0, 0.05) is 43.7 Å². The predicted molar refractivity (Wildman–Crippen MR) is 238 cm³/mol. The van der Waals surface area contributed by atoms with Gasteiger partial charge in [0.15, 0.2) is 5.58 Å². The topological polar surface area (TPSA) is 49.0 Å². The number of benzene rings is 8. The summed E-state index contributed by atoms with van der Waals surface area (Å²) in [7, 11) is 0. The summed E-state index contributed by atoms with van der Waals surface area (Å²) >= 11 is 0. The molecule has 0 N–H and O–H groups in total. The van der Waals surface area contributed by atoms with Crippen LogP contribution in [0.2, 0.25) is 0 Å². The van der Waals surface area contributed by atoms with E-state index in [2.05, 4.69) is 161 Å². The fraction of sp³-hybridized carbons (Fsp3) is 0. The average molecular weight is 744 g/mol. The third-order valence-electron chi connectivity index (χ3n) is 11.5. The molecular formula is C53H33N3O2. The molecule has 5 heteroatoms. The highest BCUT2D eigenvalue weighted by Crippen LogP contribution is 2.42. The van der Waals surface area contributed by atoms with Crippen molar-refractivity contribution in [1.29, 1.82) is 0 Å². The number of oxazole rings is 1. The molecule has 0 aliphatic heterocycles. The number of fused-ring (bicyclic) bond motifs is 8. The number of aromatic nitrogens is 3. The van der Waals surface area contributed by atoms with Crippen molar-refractivity contribution in [3.63, 3.8) is 0 Å². The van der Waals surface area contributed by atoms with Gasteiger partial charge in [-0.15, -0.1) is 0 Å². The first-order valence-electron chi connectivity index (χ1n) is 19.5. The first kappa shape index (κ1) is 32.4. The van der Waals surface area contributed by atoms with E-state index in [1.165, 1.54) is 27.1 Å². The van der Waals surface area contributed by atoms with Crippen LogP contribution in [0.3, 0.4) is 0 Å². The Hall–Kier alpha value is -7.89. The van der Waals surface area contributed by atoms with Crippen molar-refractivity contribution in [3.8, 4) is 34.2 Å². The molecule has 0 aliphatic rings. The monoisotopic (exact) mass is 743 g/mol. The molecule has 0 saturated heterocycles. The molecule has 0 unspecified atom stereocenters. The molecule has 58 heavy (non-hydrogen) atoms. The molecule has 0 aliphatic carbocycles. The van der Waals surface area contributed by atoms with E-state index < -0.39 is 0 Å². The maximum Gasteiger partial charge on any atom is 0.227 e. The maximum absolute atomic E-state index is 6.77. The summed E-state index contributed by atoms with van der Waals surface area (Å²) in [4.78, 5) is 4.82. The van der Waals surface area contributed by atoms with E-state index in [9.17, 15) is 0 Å². The molecule has 0 bridgehead atoms. The molecule has 0 fully saturated rings. The second kappa shape index (κ2) is 12.6. The van der Waals surface area contributed by atoms with E-state index in [1.54, 1.807) is 0 Å². The van der Waals surface area contributed by atoms with Crippen LogP contribution in [-0.2, 0) is 0 Å². The number of furan rings is 1. The van der Waals surface area contributed by atoms with Gasteiger partial charge in [-0.2, -0.15) is 0 Å². The number of nitrogens with zero attached hydrogens (tertiary/aromatic N) is 3. The Bertz CT molecular complexity index is 3580. The molecule has 8 aromatic carbocycles. The Morgan fingerprint density at radius 1 is 0.466 bits per heavy atom. The van der Waals surface area contributed by atoms with Crippen molar-refractivity contribution in [2.24, 2.45) is 0 Å². The Kier molecular flexibility index (Phi) is 7.01. The second-order valence-electron chi connectivity index (χ2n) is 14.8. The van der Waals surface area contributed by atoms with Crippen LogP contribution in [0, 0.1) is 0 Å². The van der Waals surface area contributed by atoms with Crippen molar-refractivity contribution < 1.29 is 8.83 Å². The van der Waals surface area contributed by atoms with Gasteiger partial charge in [0.25, 0.3) is 0 Å². The molecule has 0 amide bonds. The van der Waals surface area contributed by atoms with Crippen molar-refractivity contribution in [2.75, 3.05) is 0 Å². The number of hydrogen-bond acceptors (Lipinski definition) is 3. The molecule has 0 radical (unpaired) electrons. The Morgan fingerprint density at radius 3 is 1.93 bits per heavy atom. The van der Waals surface area contributed by atoms with Crippen LogP contribution in [0.5, 0.6) is 0 Å². The zero-order chi connectivity index (χ0) is 38.3. The molecule has 4 aromatic heterocycles. The first-order chi connectivity index (χ1) is 28.7. The number of hydrogen-bond donors (Lipinski definition) is 0. The zero-order valence-corrected chi connectivity index (χ0v) is 31.3. The highest BCUT2D eigenvalue weighted by molar-refractivity contribution is 6.19. The first-order valence-corrected chi connectivity index (χ1v) is 19.5. The quantitative estimate of drug-likeness (QED) is 0.170. The lowest BCUT2D eigenvalue weighted by molar-refractivity contribution is 0.620. The van der Waals surface area contributed by atoms with Gasteiger partial charge in [0.1, 0.15) is 16.9 Å². The van der Waals surface area contributed by atoms with Gasteiger partial charge >= 0.3 is 0 Å². The van der Waals surface area contributed by atoms with Crippen LogP contribution >= 0.6 is 0 Å². The third kappa shape index (κ3) is 4.87. The van der Waals surface area contributed by atoms with Crippen LogP contribution in [0.1, 0.15) is 11.1 Å². The minimum absolute atomic E-state index is 0.600. The maximum atomic E-state index is 6.77. The third-order valence-corrected chi connectivity index (χ3v) is 11.5. The highest BCUT2D eigenvalue weighted by Gasteiger charge is 2.21. The Labute approximate surface area is 332 Å². The smallest absolute Gasteiger partial charge is 0.227 e. The predicted octanol–water partition coefficient (Wildman–Crippen LogP) is 14.2. The summed E-state index contributed by atoms with van der Waals surface area (Å²) in [6.07, 6.45) is 0. The van der Waals surface area contributed by atoms with Crippen molar-refractivity contribution in [3.05, 3.63) is 206 Å². The molecule has 4 heterocycles. The zero-order valence-electron chi connectivity index (χ0n) is 31.3. The van der Waals surface area contributed by atoms with Crippen molar-refractivity contribution in [2.45, 2.75) is 0 Å². The van der Waals surface area contributed by atoms with E-state index in [0.29, 0.717) is 5.89 Å². The molecule has 0 saturated carbocycles. The molecule has 5 nitrogen and oxygen atoms in total. The van der Waals surface area contributed by atoms with Gasteiger partial charge in [0.2, 0.25) is 5.89 Å². The lowest BCUT2D eigenvalue weighted by Gasteiger charge is -2.11. The van der Waals surface area contributed by atoms with Gasteiger partial charge in [-0.1, -0.05) is 116 Å².